The van der Waals surface area contributed by atoms with Crippen LogP contribution in [0.4, 0.5) is 0 Å². The van der Waals surface area contributed by atoms with Gasteiger partial charge in [-0.15, -0.1) is 0 Å². The summed E-state index contributed by atoms with van der Waals surface area (Å²) in [6.45, 7) is 13.7. The van der Waals surface area contributed by atoms with Gasteiger partial charge >= 0.3 is 0 Å². The van der Waals surface area contributed by atoms with Gasteiger partial charge in [0.2, 0.25) is 0 Å². The van der Waals surface area contributed by atoms with Crippen molar-refractivity contribution in [1.82, 2.24) is 0 Å². The summed E-state index contributed by atoms with van der Waals surface area (Å²) >= 11 is -2.06. The highest BCUT2D eigenvalue weighted by molar-refractivity contribution is 7.79. The van der Waals surface area contributed by atoms with E-state index in [0.717, 1.165) is 24.8 Å². The van der Waals surface area contributed by atoms with E-state index in [1.54, 1.807) is 0 Å². The molecule has 1 N–H and O–H groups in total. The summed E-state index contributed by atoms with van der Waals surface area (Å²) in [5, 5.41) is 0. The molecule has 0 bridgehead atoms. The average molecular weight is 383 g/mol. The predicted octanol–water partition coefficient (Wildman–Crippen LogP) is 6.72. The van der Waals surface area contributed by atoms with Crippen LogP contribution in [0, 0.1) is 5.41 Å². The smallest absolute Gasteiger partial charge is 0.190 e. The Morgan fingerprint density at radius 3 is 2.19 bits per heavy atom. The molecule has 26 heavy (non-hydrogen) atoms. The standard InChI is InChI=1S/C22H38O3S/c1-7-8-9-10-11-12-16-25-19-15-13-14-18(20(19)26(23)24)22(5,6)17-21(2,3)4/h13-15H,7-12,16-17H2,1-6H3,(H,23,24). The summed E-state index contributed by atoms with van der Waals surface area (Å²) in [5.74, 6) is 0.555. The quantitative estimate of drug-likeness (QED) is 0.341. The Kier molecular flexibility index (Phi) is 9.32. The van der Waals surface area contributed by atoms with Gasteiger partial charge in [-0.2, -0.15) is 0 Å². The Morgan fingerprint density at radius 2 is 1.62 bits per heavy atom. The molecular formula is C22H38O3S. The van der Waals surface area contributed by atoms with Gasteiger partial charge in [-0.1, -0.05) is 85.8 Å². The zero-order valence-corrected chi connectivity index (χ0v) is 18.4. The predicted molar refractivity (Wildman–Crippen MR) is 111 cm³/mol. The lowest BCUT2D eigenvalue weighted by Crippen LogP contribution is -2.26. The second kappa shape index (κ2) is 10.5. The Hall–Kier alpha value is -0.870. The fourth-order valence-corrected chi connectivity index (χ4v) is 4.66. The maximum absolute atomic E-state index is 12.1. The monoisotopic (exact) mass is 382 g/mol. The van der Waals surface area contributed by atoms with Gasteiger partial charge in [0.1, 0.15) is 10.6 Å². The number of benzene rings is 1. The maximum Gasteiger partial charge on any atom is 0.190 e. The van der Waals surface area contributed by atoms with E-state index in [9.17, 15) is 8.76 Å². The molecule has 1 atom stereocenters. The van der Waals surface area contributed by atoms with Crippen LogP contribution < -0.4 is 4.74 Å². The van der Waals surface area contributed by atoms with Crippen LogP contribution in [0.25, 0.3) is 0 Å². The molecule has 0 aliphatic rings. The topological polar surface area (TPSA) is 46.5 Å². The van der Waals surface area contributed by atoms with Gasteiger partial charge in [-0.3, -0.25) is 0 Å². The molecule has 1 rings (SSSR count). The highest BCUT2D eigenvalue weighted by Crippen LogP contribution is 2.41. The molecule has 0 amide bonds. The van der Waals surface area contributed by atoms with Gasteiger partial charge < -0.3 is 9.29 Å². The first kappa shape index (κ1) is 23.2. The Morgan fingerprint density at radius 1 is 1.00 bits per heavy atom. The molecule has 0 saturated heterocycles. The van der Waals surface area contributed by atoms with Crippen molar-refractivity contribution in [2.24, 2.45) is 5.41 Å². The molecule has 0 heterocycles. The molecule has 0 spiro atoms. The first-order valence-corrected chi connectivity index (χ1v) is 11.1. The van der Waals surface area contributed by atoms with E-state index in [0.29, 0.717) is 17.3 Å². The van der Waals surface area contributed by atoms with Gasteiger partial charge in [0, 0.05) is 0 Å². The molecule has 0 aliphatic carbocycles. The molecule has 150 valence electrons. The minimum atomic E-state index is -2.06. The van der Waals surface area contributed by atoms with Crippen LogP contribution in [0.5, 0.6) is 5.75 Å². The molecule has 0 saturated carbocycles. The third-order valence-electron chi connectivity index (χ3n) is 4.61. The van der Waals surface area contributed by atoms with E-state index in [2.05, 4.69) is 41.5 Å². The zero-order chi connectivity index (χ0) is 19.8. The van der Waals surface area contributed by atoms with E-state index in [1.165, 1.54) is 25.7 Å². The van der Waals surface area contributed by atoms with Gasteiger partial charge in [0.05, 0.1) is 6.61 Å². The number of rotatable bonds is 11. The Labute approximate surface area is 163 Å². The molecule has 3 nitrogen and oxygen atoms in total. The van der Waals surface area contributed by atoms with Crippen molar-refractivity contribution in [3.05, 3.63) is 23.8 Å². The highest BCUT2D eigenvalue weighted by Gasteiger charge is 2.32. The van der Waals surface area contributed by atoms with Crippen LogP contribution in [0.3, 0.4) is 0 Å². The molecule has 0 fully saturated rings. The van der Waals surface area contributed by atoms with Crippen molar-refractivity contribution < 1.29 is 13.5 Å². The van der Waals surface area contributed by atoms with Crippen molar-refractivity contribution in [3.8, 4) is 5.75 Å². The van der Waals surface area contributed by atoms with Crippen molar-refractivity contribution in [3.63, 3.8) is 0 Å². The molecule has 4 heteroatoms. The number of hydrogen-bond acceptors (Lipinski definition) is 2. The second-order valence-electron chi connectivity index (χ2n) is 9.12. The molecule has 1 unspecified atom stereocenters. The second-order valence-corrected chi connectivity index (χ2v) is 10.0. The summed E-state index contributed by atoms with van der Waals surface area (Å²) in [7, 11) is 0. The number of hydrogen-bond donors (Lipinski definition) is 1. The van der Waals surface area contributed by atoms with Crippen LogP contribution in [-0.2, 0) is 16.5 Å². The molecule has 0 aliphatic heterocycles. The van der Waals surface area contributed by atoms with Gasteiger partial charge in [-0.05, 0) is 35.3 Å². The fourth-order valence-electron chi connectivity index (χ4n) is 3.83. The minimum Gasteiger partial charge on any atom is -0.492 e. The summed E-state index contributed by atoms with van der Waals surface area (Å²) < 4.78 is 28.0. The van der Waals surface area contributed by atoms with Crippen LogP contribution in [0.1, 0.15) is 92.1 Å². The molecule has 1 aromatic carbocycles. The van der Waals surface area contributed by atoms with Crippen LogP contribution in [-0.4, -0.2) is 15.4 Å². The van der Waals surface area contributed by atoms with Crippen LogP contribution in [0.2, 0.25) is 0 Å². The lowest BCUT2D eigenvalue weighted by atomic mass is 9.72. The summed E-state index contributed by atoms with van der Waals surface area (Å²) in [6, 6.07) is 5.72. The van der Waals surface area contributed by atoms with E-state index < -0.39 is 11.1 Å². The van der Waals surface area contributed by atoms with E-state index in [4.69, 9.17) is 4.74 Å². The zero-order valence-electron chi connectivity index (χ0n) is 17.6. The van der Waals surface area contributed by atoms with Crippen molar-refractivity contribution >= 4 is 11.1 Å². The largest absolute Gasteiger partial charge is 0.492 e. The van der Waals surface area contributed by atoms with Gasteiger partial charge in [0.15, 0.2) is 11.1 Å². The fraction of sp³-hybridized carbons (Fsp3) is 0.727. The Bertz CT molecular complexity index is 573. The third kappa shape index (κ3) is 7.79. The van der Waals surface area contributed by atoms with Crippen LogP contribution >= 0.6 is 0 Å². The minimum absolute atomic E-state index is 0.132. The third-order valence-corrected chi connectivity index (χ3v) is 5.38. The van der Waals surface area contributed by atoms with Crippen molar-refractivity contribution in [2.75, 3.05) is 6.61 Å². The maximum atomic E-state index is 12.1. The van der Waals surface area contributed by atoms with Gasteiger partial charge in [0.25, 0.3) is 0 Å². The normalized spacial score (nSPS) is 13.7. The number of ether oxygens (including phenoxy) is 1. The summed E-state index contributed by atoms with van der Waals surface area (Å²) in [4.78, 5) is 0.438. The van der Waals surface area contributed by atoms with Crippen molar-refractivity contribution in [2.45, 2.75) is 96.8 Å². The lowest BCUT2D eigenvalue weighted by Gasteiger charge is -2.34. The average Bonchev–Trinajstić information content (AvgIpc) is 2.51. The Balaban J connectivity index is 2.86. The van der Waals surface area contributed by atoms with Crippen molar-refractivity contribution in [1.29, 1.82) is 0 Å². The molecular weight excluding hydrogens is 344 g/mol. The number of unbranched alkanes of at least 4 members (excludes halogenated alkanes) is 5. The molecule has 1 aromatic rings. The van der Waals surface area contributed by atoms with E-state index in [1.807, 2.05) is 18.2 Å². The van der Waals surface area contributed by atoms with Gasteiger partial charge in [-0.25, -0.2) is 4.21 Å². The van der Waals surface area contributed by atoms with E-state index in [-0.39, 0.29) is 10.8 Å². The first-order chi connectivity index (χ1) is 12.1. The summed E-state index contributed by atoms with van der Waals surface area (Å²) in [6.07, 6.45) is 8.10. The van der Waals surface area contributed by atoms with E-state index >= 15 is 0 Å². The molecule has 0 aromatic heterocycles. The summed E-state index contributed by atoms with van der Waals surface area (Å²) in [5.41, 5.74) is 0.840. The highest BCUT2D eigenvalue weighted by atomic mass is 32.2. The molecule has 0 radical (unpaired) electrons. The van der Waals surface area contributed by atoms with Crippen LogP contribution in [0.15, 0.2) is 23.1 Å². The lowest BCUT2D eigenvalue weighted by molar-refractivity contribution is 0.273. The first-order valence-electron chi connectivity index (χ1n) is 9.95. The SMILES string of the molecule is CCCCCCCCOc1cccc(C(C)(C)CC(C)(C)C)c1S(=O)O.